The molecule has 1 heterocycles. The summed E-state index contributed by atoms with van der Waals surface area (Å²) in [5, 5.41) is 19.5. The highest BCUT2D eigenvalue weighted by Crippen LogP contribution is 2.22. The minimum Gasteiger partial charge on any atom is -0.394 e. The van der Waals surface area contributed by atoms with Crippen molar-refractivity contribution >= 4 is 12.3 Å². The molecule has 0 bridgehead atoms. The first kappa shape index (κ1) is 15.9. The molecule has 2 amide bonds. The topological polar surface area (TPSA) is 103 Å². The molecule has 0 spiro atoms. The van der Waals surface area contributed by atoms with Gasteiger partial charge in [-0.3, -0.25) is 14.9 Å². The number of imide groups is 1. The Hall–Kier alpha value is -2.17. The van der Waals surface area contributed by atoms with Crippen molar-refractivity contribution in [1.82, 2.24) is 10.2 Å². The molecule has 0 aliphatic carbocycles. The SMILES string of the molecule is CN(/C=C(/C=C/C#N)C(=O)NC=O)C1CCC(CO)O1. The van der Waals surface area contributed by atoms with Crippen LogP contribution in [0.4, 0.5) is 0 Å². The molecule has 1 saturated heterocycles. The predicted octanol–water partition coefficient (Wildman–Crippen LogP) is -0.348. The Morgan fingerprint density at radius 1 is 1.60 bits per heavy atom. The van der Waals surface area contributed by atoms with Crippen molar-refractivity contribution in [3.05, 3.63) is 23.9 Å². The fraction of sp³-hybridized carbons (Fsp3) is 0.462. The van der Waals surface area contributed by atoms with Gasteiger partial charge in [-0.25, -0.2) is 0 Å². The normalized spacial score (nSPS) is 22.6. The summed E-state index contributed by atoms with van der Waals surface area (Å²) in [5.74, 6) is -0.602. The molecule has 0 saturated carbocycles. The van der Waals surface area contributed by atoms with Gasteiger partial charge in [0.05, 0.1) is 24.4 Å². The molecule has 0 aromatic heterocycles. The molecule has 20 heavy (non-hydrogen) atoms. The predicted molar refractivity (Wildman–Crippen MR) is 69.8 cm³/mol. The minimum atomic E-state index is -0.602. The Balaban J connectivity index is 2.79. The Labute approximate surface area is 117 Å². The summed E-state index contributed by atoms with van der Waals surface area (Å²) in [5.41, 5.74) is 0.164. The molecular formula is C13H17N3O4. The van der Waals surface area contributed by atoms with Crippen LogP contribution in [0.3, 0.4) is 0 Å². The van der Waals surface area contributed by atoms with E-state index in [-0.39, 0.29) is 30.9 Å². The number of nitrogens with zero attached hydrogens (tertiary/aromatic N) is 2. The molecule has 2 atom stereocenters. The molecule has 1 fully saturated rings. The van der Waals surface area contributed by atoms with Gasteiger partial charge >= 0.3 is 0 Å². The van der Waals surface area contributed by atoms with E-state index in [2.05, 4.69) is 0 Å². The average molecular weight is 279 g/mol. The van der Waals surface area contributed by atoms with Crippen molar-refractivity contribution in [2.45, 2.75) is 25.2 Å². The molecule has 0 aromatic carbocycles. The molecule has 2 unspecified atom stereocenters. The molecule has 2 N–H and O–H groups in total. The molecule has 7 nitrogen and oxygen atoms in total. The van der Waals surface area contributed by atoms with Crippen LogP contribution in [-0.2, 0) is 14.3 Å². The number of carbonyl (C=O) groups is 2. The van der Waals surface area contributed by atoms with Crippen molar-refractivity contribution in [2.24, 2.45) is 0 Å². The quantitative estimate of drug-likeness (QED) is 0.298. The molecule has 1 aliphatic heterocycles. The van der Waals surface area contributed by atoms with Crippen LogP contribution in [0, 0.1) is 11.3 Å². The van der Waals surface area contributed by atoms with Gasteiger partial charge in [-0.05, 0) is 18.9 Å². The van der Waals surface area contributed by atoms with E-state index in [1.165, 1.54) is 12.3 Å². The maximum atomic E-state index is 11.6. The Bertz CT molecular complexity index is 453. The lowest BCUT2D eigenvalue weighted by Gasteiger charge is -2.23. The maximum absolute atomic E-state index is 11.6. The summed E-state index contributed by atoms with van der Waals surface area (Å²) >= 11 is 0. The van der Waals surface area contributed by atoms with Gasteiger partial charge in [0.25, 0.3) is 5.91 Å². The van der Waals surface area contributed by atoms with Gasteiger partial charge in [-0.2, -0.15) is 5.26 Å². The van der Waals surface area contributed by atoms with E-state index in [4.69, 9.17) is 15.1 Å². The number of allylic oxidation sites excluding steroid dienone is 1. The lowest BCUT2D eigenvalue weighted by Crippen LogP contribution is -2.30. The molecule has 0 aromatic rings. The van der Waals surface area contributed by atoms with Crippen molar-refractivity contribution in [1.29, 1.82) is 5.26 Å². The number of carbonyl (C=O) groups excluding carboxylic acids is 2. The molecule has 0 radical (unpaired) electrons. The first-order valence-corrected chi connectivity index (χ1v) is 6.13. The van der Waals surface area contributed by atoms with Crippen LogP contribution in [0.5, 0.6) is 0 Å². The van der Waals surface area contributed by atoms with E-state index < -0.39 is 5.91 Å². The van der Waals surface area contributed by atoms with Crippen LogP contribution in [0.25, 0.3) is 0 Å². The van der Waals surface area contributed by atoms with Gasteiger partial charge < -0.3 is 14.7 Å². The molecule has 1 aliphatic rings. The average Bonchev–Trinajstić information content (AvgIpc) is 2.92. The number of nitriles is 1. The van der Waals surface area contributed by atoms with Gasteiger partial charge in [0.15, 0.2) is 0 Å². The van der Waals surface area contributed by atoms with E-state index in [0.29, 0.717) is 0 Å². The summed E-state index contributed by atoms with van der Waals surface area (Å²) in [6.07, 6.45) is 5.26. The van der Waals surface area contributed by atoms with Crippen molar-refractivity contribution in [3.63, 3.8) is 0 Å². The number of amides is 2. The second-order valence-electron chi connectivity index (χ2n) is 4.28. The number of hydrogen-bond donors (Lipinski definition) is 2. The van der Waals surface area contributed by atoms with Crippen LogP contribution in [-0.4, -0.2) is 48.3 Å². The second-order valence-corrected chi connectivity index (χ2v) is 4.28. The van der Waals surface area contributed by atoms with Crippen LogP contribution in [0.15, 0.2) is 23.9 Å². The zero-order valence-electron chi connectivity index (χ0n) is 11.2. The number of nitrogens with one attached hydrogen (secondary N) is 1. The lowest BCUT2D eigenvalue weighted by atomic mass is 10.2. The molecule has 1 rings (SSSR count). The number of ether oxygens (including phenoxy) is 1. The monoisotopic (exact) mass is 279 g/mol. The fourth-order valence-electron chi connectivity index (χ4n) is 1.86. The van der Waals surface area contributed by atoms with Gasteiger partial charge in [0.2, 0.25) is 6.41 Å². The third-order valence-electron chi connectivity index (χ3n) is 2.88. The highest BCUT2D eigenvalue weighted by Gasteiger charge is 2.26. The van der Waals surface area contributed by atoms with E-state index in [1.54, 1.807) is 18.0 Å². The first-order valence-electron chi connectivity index (χ1n) is 6.13. The number of aliphatic hydroxyl groups excluding tert-OH is 1. The van der Waals surface area contributed by atoms with Crippen LogP contribution in [0.2, 0.25) is 0 Å². The van der Waals surface area contributed by atoms with E-state index in [1.807, 2.05) is 5.32 Å². The van der Waals surface area contributed by atoms with Crippen LogP contribution >= 0.6 is 0 Å². The van der Waals surface area contributed by atoms with E-state index >= 15 is 0 Å². The van der Waals surface area contributed by atoms with Crippen LogP contribution < -0.4 is 5.32 Å². The van der Waals surface area contributed by atoms with Crippen LogP contribution in [0.1, 0.15) is 12.8 Å². The summed E-state index contributed by atoms with van der Waals surface area (Å²) < 4.78 is 5.56. The van der Waals surface area contributed by atoms with E-state index in [9.17, 15) is 9.59 Å². The molecule has 108 valence electrons. The zero-order chi connectivity index (χ0) is 15.0. The third kappa shape index (κ3) is 4.50. The number of rotatable bonds is 6. The Morgan fingerprint density at radius 3 is 2.90 bits per heavy atom. The van der Waals surface area contributed by atoms with E-state index in [0.717, 1.165) is 18.9 Å². The maximum Gasteiger partial charge on any atom is 0.259 e. The highest BCUT2D eigenvalue weighted by molar-refractivity contribution is 6.01. The highest BCUT2D eigenvalue weighted by atomic mass is 16.5. The van der Waals surface area contributed by atoms with Crippen molar-refractivity contribution < 1.29 is 19.4 Å². The van der Waals surface area contributed by atoms with Gasteiger partial charge in [0, 0.05) is 19.3 Å². The van der Waals surface area contributed by atoms with Gasteiger partial charge in [-0.15, -0.1) is 0 Å². The van der Waals surface area contributed by atoms with Crippen molar-refractivity contribution in [2.75, 3.05) is 13.7 Å². The fourth-order valence-corrected chi connectivity index (χ4v) is 1.86. The third-order valence-corrected chi connectivity index (χ3v) is 2.88. The molecule has 7 heteroatoms. The Kier molecular flexibility index (Phi) is 6.43. The Morgan fingerprint density at radius 2 is 2.35 bits per heavy atom. The zero-order valence-corrected chi connectivity index (χ0v) is 11.2. The largest absolute Gasteiger partial charge is 0.394 e. The standard InChI is InChI=1S/C13H17N3O4/c1-16(12-5-4-11(8-17)20-12)7-10(3-2-6-14)13(19)15-9-18/h2-3,7,9,11-12,17H,4-5,8H2,1H3,(H,15,18,19)/b3-2+,10-7-. The lowest BCUT2D eigenvalue weighted by molar-refractivity contribution is -0.122. The van der Waals surface area contributed by atoms with Crippen molar-refractivity contribution in [3.8, 4) is 6.07 Å². The summed E-state index contributed by atoms with van der Waals surface area (Å²) in [4.78, 5) is 23.6. The van der Waals surface area contributed by atoms with Gasteiger partial charge in [-0.1, -0.05) is 0 Å². The minimum absolute atomic E-state index is 0.0408. The second kappa shape index (κ2) is 8.09. The van der Waals surface area contributed by atoms with Gasteiger partial charge in [0.1, 0.15) is 6.23 Å². The number of hydrogen-bond acceptors (Lipinski definition) is 6. The summed E-state index contributed by atoms with van der Waals surface area (Å²) in [7, 11) is 1.72. The molecular weight excluding hydrogens is 262 g/mol. The first-order chi connectivity index (χ1) is 9.62. The number of aliphatic hydroxyl groups is 1. The summed E-state index contributed by atoms with van der Waals surface area (Å²) in [6, 6.07) is 1.78. The smallest absolute Gasteiger partial charge is 0.259 e. The summed E-state index contributed by atoms with van der Waals surface area (Å²) in [6.45, 7) is -0.0408.